The summed E-state index contributed by atoms with van der Waals surface area (Å²) >= 11 is 0. The standard InChI is InChI=1S/C32H36F4O2/c1-2-3-4-7-22-10-12-23(13-11-22)14-19-27-28(33)20-21-30(31(27)34)38-29-9-6-5-8-26(29)24-15-17-25(18-16-24)37-32(35)36/h5-6,8-9,15-18,20-23,32H,2-4,7,10-14,19H2,1H3. The van der Waals surface area contributed by atoms with E-state index in [9.17, 15) is 13.2 Å². The van der Waals surface area contributed by atoms with Gasteiger partial charge in [-0.25, -0.2) is 8.78 Å². The molecular formula is C32H36F4O2. The van der Waals surface area contributed by atoms with Gasteiger partial charge in [-0.15, -0.1) is 0 Å². The molecule has 1 saturated carbocycles. The SMILES string of the molecule is CCCCCC1CCC(CCc2c(F)ccc(Oc3ccccc3-c3ccc(OC(F)F)cc3)c2F)CC1. The van der Waals surface area contributed by atoms with E-state index >= 15 is 4.39 Å². The molecule has 0 radical (unpaired) electrons. The topological polar surface area (TPSA) is 18.5 Å². The molecule has 4 rings (SSSR count). The highest BCUT2D eigenvalue weighted by Gasteiger charge is 2.23. The smallest absolute Gasteiger partial charge is 0.387 e. The van der Waals surface area contributed by atoms with Crippen molar-refractivity contribution in [3.05, 3.63) is 77.9 Å². The second-order valence-electron chi connectivity index (χ2n) is 10.3. The Morgan fingerprint density at radius 3 is 2.16 bits per heavy atom. The molecule has 1 aliphatic rings. The second kappa shape index (κ2) is 13.7. The van der Waals surface area contributed by atoms with Gasteiger partial charge < -0.3 is 9.47 Å². The summed E-state index contributed by atoms with van der Waals surface area (Å²) in [7, 11) is 0. The van der Waals surface area contributed by atoms with E-state index in [1.807, 2.05) is 0 Å². The van der Waals surface area contributed by atoms with Crippen LogP contribution in [0, 0.1) is 23.5 Å². The third kappa shape index (κ3) is 7.52. The molecule has 204 valence electrons. The van der Waals surface area contributed by atoms with E-state index in [4.69, 9.17) is 4.74 Å². The number of alkyl halides is 2. The van der Waals surface area contributed by atoms with Gasteiger partial charge in [-0.05, 0) is 60.6 Å². The number of rotatable bonds is 12. The lowest BCUT2D eigenvalue weighted by Crippen LogP contribution is -2.15. The maximum Gasteiger partial charge on any atom is 0.387 e. The molecule has 3 aromatic carbocycles. The molecule has 2 nitrogen and oxygen atoms in total. The van der Waals surface area contributed by atoms with Gasteiger partial charge in [-0.2, -0.15) is 8.78 Å². The van der Waals surface area contributed by atoms with E-state index in [1.165, 1.54) is 62.8 Å². The summed E-state index contributed by atoms with van der Waals surface area (Å²) in [5, 5.41) is 0. The quantitative estimate of drug-likeness (QED) is 0.172. The molecule has 38 heavy (non-hydrogen) atoms. The molecule has 0 atom stereocenters. The fraction of sp³-hybridized carbons (Fsp3) is 0.438. The Hall–Kier alpha value is -3.02. The number of hydrogen-bond donors (Lipinski definition) is 0. The van der Waals surface area contributed by atoms with E-state index in [2.05, 4.69) is 11.7 Å². The summed E-state index contributed by atoms with van der Waals surface area (Å²) in [5.41, 5.74) is 1.41. The lowest BCUT2D eigenvalue weighted by Gasteiger charge is -2.28. The Kier molecular flexibility index (Phi) is 10.1. The molecule has 3 aromatic rings. The maximum atomic E-state index is 15.5. The monoisotopic (exact) mass is 528 g/mol. The van der Waals surface area contributed by atoms with Crippen molar-refractivity contribution < 1.29 is 27.0 Å². The fourth-order valence-corrected chi connectivity index (χ4v) is 5.45. The number of halogens is 4. The van der Waals surface area contributed by atoms with Crippen LogP contribution in [0.15, 0.2) is 60.7 Å². The summed E-state index contributed by atoms with van der Waals surface area (Å²) in [4.78, 5) is 0. The molecular weight excluding hydrogens is 492 g/mol. The van der Waals surface area contributed by atoms with Crippen LogP contribution in [-0.2, 0) is 6.42 Å². The Bertz CT molecular complexity index is 1150. The predicted octanol–water partition coefficient (Wildman–Crippen LogP) is 10.3. The van der Waals surface area contributed by atoms with Crippen molar-refractivity contribution in [3.8, 4) is 28.4 Å². The van der Waals surface area contributed by atoms with Crippen molar-refractivity contribution in [2.75, 3.05) is 0 Å². The van der Waals surface area contributed by atoms with E-state index in [0.29, 0.717) is 29.2 Å². The van der Waals surface area contributed by atoms with Gasteiger partial charge in [0.1, 0.15) is 17.3 Å². The summed E-state index contributed by atoms with van der Waals surface area (Å²) in [6.45, 7) is -0.680. The van der Waals surface area contributed by atoms with Crippen molar-refractivity contribution in [3.63, 3.8) is 0 Å². The minimum absolute atomic E-state index is 0.0360. The highest BCUT2D eigenvalue weighted by Crippen LogP contribution is 2.38. The van der Waals surface area contributed by atoms with E-state index in [1.54, 1.807) is 36.4 Å². The van der Waals surface area contributed by atoms with Gasteiger partial charge in [-0.3, -0.25) is 0 Å². The van der Waals surface area contributed by atoms with Crippen molar-refractivity contribution >= 4 is 0 Å². The van der Waals surface area contributed by atoms with Gasteiger partial charge in [0.05, 0.1) is 0 Å². The number of para-hydroxylation sites is 1. The first kappa shape index (κ1) is 28.0. The van der Waals surface area contributed by atoms with Gasteiger partial charge in [-0.1, -0.05) is 88.6 Å². The molecule has 0 spiro atoms. The largest absolute Gasteiger partial charge is 0.454 e. The Morgan fingerprint density at radius 1 is 0.789 bits per heavy atom. The van der Waals surface area contributed by atoms with E-state index < -0.39 is 18.2 Å². The molecule has 0 amide bonds. The van der Waals surface area contributed by atoms with Crippen LogP contribution >= 0.6 is 0 Å². The number of benzene rings is 3. The summed E-state index contributed by atoms with van der Waals surface area (Å²) in [5.74, 6) is 0.467. The van der Waals surface area contributed by atoms with Gasteiger partial charge in [0.15, 0.2) is 11.6 Å². The average molecular weight is 529 g/mol. The fourth-order valence-electron chi connectivity index (χ4n) is 5.45. The molecule has 0 bridgehead atoms. The molecule has 0 N–H and O–H groups in total. The average Bonchev–Trinajstić information content (AvgIpc) is 2.92. The lowest BCUT2D eigenvalue weighted by molar-refractivity contribution is -0.0498. The first-order valence-electron chi connectivity index (χ1n) is 13.7. The van der Waals surface area contributed by atoms with E-state index in [0.717, 1.165) is 25.2 Å². The van der Waals surface area contributed by atoms with Crippen LogP contribution in [-0.4, -0.2) is 6.61 Å². The zero-order valence-corrected chi connectivity index (χ0v) is 21.9. The van der Waals surface area contributed by atoms with Crippen LogP contribution in [0.25, 0.3) is 11.1 Å². The van der Waals surface area contributed by atoms with Crippen LogP contribution < -0.4 is 9.47 Å². The molecule has 6 heteroatoms. The molecule has 0 saturated heterocycles. The minimum atomic E-state index is -2.90. The third-order valence-electron chi connectivity index (χ3n) is 7.63. The molecule has 0 heterocycles. The number of hydrogen-bond acceptors (Lipinski definition) is 2. The lowest BCUT2D eigenvalue weighted by atomic mass is 9.77. The van der Waals surface area contributed by atoms with E-state index in [-0.39, 0.29) is 17.1 Å². The van der Waals surface area contributed by atoms with Crippen molar-refractivity contribution in [1.29, 1.82) is 0 Å². The zero-order valence-electron chi connectivity index (χ0n) is 21.9. The highest BCUT2D eigenvalue weighted by molar-refractivity contribution is 5.71. The normalized spacial score (nSPS) is 17.5. The Morgan fingerprint density at radius 2 is 1.47 bits per heavy atom. The number of unbranched alkanes of at least 4 members (excludes halogenated alkanes) is 2. The van der Waals surface area contributed by atoms with Crippen LogP contribution in [0.1, 0.15) is 70.3 Å². The molecule has 0 aliphatic heterocycles. The van der Waals surface area contributed by atoms with Gasteiger partial charge in [0.2, 0.25) is 0 Å². The Labute approximate surface area is 223 Å². The van der Waals surface area contributed by atoms with Gasteiger partial charge in [0, 0.05) is 11.1 Å². The van der Waals surface area contributed by atoms with Crippen LogP contribution in [0.3, 0.4) is 0 Å². The van der Waals surface area contributed by atoms with Crippen molar-refractivity contribution in [1.82, 2.24) is 0 Å². The van der Waals surface area contributed by atoms with Crippen LogP contribution in [0.5, 0.6) is 17.2 Å². The molecule has 0 aromatic heterocycles. The molecule has 0 unspecified atom stereocenters. The van der Waals surface area contributed by atoms with Crippen LogP contribution in [0.4, 0.5) is 17.6 Å². The van der Waals surface area contributed by atoms with Gasteiger partial charge >= 0.3 is 6.61 Å². The molecule has 1 aliphatic carbocycles. The third-order valence-corrected chi connectivity index (χ3v) is 7.63. The Balaban J connectivity index is 1.42. The minimum Gasteiger partial charge on any atom is -0.454 e. The van der Waals surface area contributed by atoms with Crippen LogP contribution in [0.2, 0.25) is 0 Å². The summed E-state index contributed by atoms with van der Waals surface area (Å²) < 4.78 is 65.4. The number of ether oxygens (including phenoxy) is 2. The summed E-state index contributed by atoms with van der Waals surface area (Å²) in [6, 6.07) is 15.8. The van der Waals surface area contributed by atoms with Gasteiger partial charge in [0.25, 0.3) is 0 Å². The zero-order chi connectivity index (χ0) is 26.9. The molecule has 1 fully saturated rings. The highest BCUT2D eigenvalue weighted by atomic mass is 19.3. The maximum absolute atomic E-state index is 15.5. The summed E-state index contributed by atoms with van der Waals surface area (Å²) in [6.07, 6.45) is 10.9. The van der Waals surface area contributed by atoms with Crippen molar-refractivity contribution in [2.24, 2.45) is 11.8 Å². The first-order chi connectivity index (χ1) is 18.4. The first-order valence-corrected chi connectivity index (χ1v) is 13.7. The second-order valence-corrected chi connectivity index (χ2v) is 10.3. The predicted molar refractivity (Wildman–Crippen MR) is 143 cm³/mol. The van der Waals surface area contributed by atoms with Crippen molar-refractivity contribution in [2.45, 2.75) is 77.7 Å².